The van der Waals surface area contributed by atoms with Gasteiger partial charge in [0.2, 0.25) is 11.8 Å². The second kappa shape index (κ2) is 12.6. The number of nitrogens with one attached hydrogen (secondary N) is 2. The van der Waals surface area contributed by atoms with Crippen LogP contribution in [0.2, 0.25) is 0 Å². The first-order valence-corrected chi connectivity index (χ1v) is 14.3. The smallest absolute Gasteiger partial charge is 0.408 e. The molecule has 0 bridgehead atoms. The fourth-order valence-electron chi connectivity index (χ4n) is 4.69. The van der Waals surface area contributed by atoms with Gasteiger partial charge in [-0.2, -0.15) is 0 Å². The van der Waals surface area contributed by atoms with Gasteiger partial charge in [-0.05, 0) is 44.2 Å². The van der Waals surface area contributed by atoms with Crippen LogP contribution in [0.3, 0.4) is 0 Å². The molecule has 1 aliphatic rings. The number of carbonyl (C=O) groups excluding carboxylic acids is 3. The van der Waals surface area contributed by atoms with Gasteiger partial charge in [-0.25, -0.2) is 9.78 Å². The second-order valence-electron chi connectivity index (χ2n) is 12.4. The third kappa shape index (κ3) is 8.49. The number of rotatable bonds is 8. The lowest BCUT2D eigenvalue weighted by Gasteiger charge is -2.36. The average Bonchev–Trinajstić information content (AvgIpc) is 3.45. The van der Waals surface area contributed by atoms with Gasteiger partial charge in [-0.1, -0.05) is 45.0 Å². The van der Waals surface area contributed by atoms with Gasteiger partial charge in [0, 0.05) is 13.0 Å². The second-order valence-corrected chi connectivity index (χ2v) is 13.2. The summed E-state index contributed by atoms with van der Waals surface area (Å²) in [5.74, 6) is -2.24. The van der Waals surface area contributed by atoms with Gasteiger partial charge >= 0.3 is 12.1 Å². The number of carboxylic acid groups (broad SMARTS) is 1. The minimum Gasteiger partial charge on any atom is -0.481 e. The fraction of sp³-hybridized carbons (Fsp3) is 0.552. The first-order valence-electron chi connectivity index (χ1n) is 13.5. The monoisotopic (exact) mass is 588 g/mol. The summed E-state index contributed by atoms with van der Waals surface area (Å²) in [5.41, 5.74) is 2.63. The van der Waals surface area contributed by atoms with Crippen molar-refractivity contribution < 1.29 is 34.1 Å². The Morgan fingerprint density at radius 1 is 1.10 bits per heavy atom. The molecule has 1 unspecified atom stereocenters. The van der Waals surface area contributed by atoms with Gasteiger partial charge in [0.25, 0.3) is 0 Å². The normalized spacial score (nSPS) is 18.9. The SMILES string of the molecule is Cc1ncsc1-c1ccc(C(CC(=O)O)NC(=O)[C@@H]2C[C@@H](O)CN2C(=O)[C@@H](NC(=O)OC(C)(C)C)C(C)(C)C)cc1. The van der Waals surface area contributed by atoms with Crippen molar-refractivity contribution in [2.45, 2.75) is 91.1 Å². The first-order chi connectivity index (χ1) is 19.0. The number of nitrogens with zero attached hydrogens (tertiary/aromatic N) is 2. The number of hydrogen-bond acceptors (Lipinski definition) is 8. The summed E-state index contributed by atoms with van der Waals surface area (Å²) in [6.45, 7) is 12.2. The lowest BCUT2D eigenvalue weighted by Crippen LogP contribution is -2.58. The maximum absolute atomic E-state index is 13.7. The van der Waals surface area contributed by atoms with E-state index in [2.05, 4.69) is 15.6 Å². The number of aliphatic carboxylic acids is 1. The summed E-state index contributed by atoms with van der Waals surface area (Å²) in [7, 11) is 0. The molecule has 3 rings (SSSR count). The number of aryl methyl sites for hydroxylation is 1. The van der Waals surface area contributed by atoms with Crippen LogP contribution in [0.4, 0.5) is 4.79 Å². The van der Waals surface area contributed by atoms with Gasteiger partial charge in [0.05, 0.1) is 34.6 Å². The molecule has 0 radical (unpaired) electrons. The number of benzene rings is 1. The van der Waals surface area contributed by atoms with Crippen LogP contribution >= 0.6 is 11.3 Å². The minimum absolute atomic E-state index is 0.0236. The molecule has 4 N–H and O–H groups in total. The first kappa shape index (κ1) is 32.0. The lowest BCUT2D eigenvalue weighted by atomic mass is 9.85. The molecular formula is C29H40N4O7S. The van der Waals surface area contributed by atoms with Crippen LogP contribution in [0.15, 0.2) is 29.8 Å². The zero-order valence-electron chi connectivity index (χ0n) is 24.6. The summed E-state index contributed by atoms with van der Waals surface area (Å²) >= 11 is 1.50. The molecule has 3 amide bonds. The van der Waals surface area contributed by atoms with E-state index in [9.17, 15) is 29.4 Å². The lowest BCUT2D eigenvalue weighted by molar-refractivity contribution is -0.143. The predicted octanol–water partition coefficient (Wildman–Crippen LogP) is 3.65. The van der Waals surface area contributed by atoms with E-state index < -0.39 is 59.1 Å². The van der Waals surface area contributed by atoms with Gasteiger partial charge < -0.3 is 30.5 Å². The van der Waals surface area contributed by atoms with Crippen LogP contribution in [0, 0.1) is 12.3 Å². The van der Waals surface area contributed by atoms with E-state index in [0.717, 1.165) is 16.1 Å². The highest BCUT2D eigenvalue weighted by Gasteiger charge is 2.45. The van der Waals surface area contributed by atoms with E-state index in [0.29, 0.717) is 5.56 Å². The number of aliphatic hydroxyl groups excluding tert-OH is 1. The van der Waals surface area contributed by atoms with Crippen molar-refractivity contribution in [1.82, 2.24) is 20.5 Å². The minimum atomic E-state index is -1.11. The Labute approximate surface area is 244 Å². The molecule has 0 spiro atoms. The highest BCUT2D eigenvalue weighted by molar-refractivity contribution is 7.13. The molecule has 11 nitrogen and oxygen atoms in total. The molecule has 2 heterocycles. The Morgan fingerprint density at radius 3 is 2.24 bits per heavy atom. The van der Waals surface area contributed by atoms with Crippen molar-refractivity contribution in [2.24, 2.45) is 5.41 Å². The molecule has 1 aliphatic heterocycles. The van der Waals surface area contributed by atoms with Crippen molar-refractivity contribution in [3.63, 3.8) is 0 Å². The fourth-order valence-corrected chi connectivity index (χ4v) is 5.50. The number of β-amino-alcohol motifs (C(OH)–C–C–N with tert-alkyl or cyclic N) is 1. The molecule has 224 valence electrons. The van der Waals surface area contributed by atoms with Crippen molar-refractivity contribution >= 4 is 35.2 Å². The highest BCUT2D eigenvalue weighted by atomic mass is 32.1. The van der Waals surface area contributed by atoms with Crippen LogP contribution in [-0.2, 0) is 19.1 Å². The Bertz CT molecular complexity index is 1260. The van der Waals surface area contributed by atoms with Gasteiger partial charge in [0.15, 0.2) is 0 Å². The number of aromatic nitrogens is 1. The summed E-state index contributed by atoms with van der Waals surface area (Å²) in [6.07, 6.45) is -2.13. The number of thiazole rings is 1. The third-order valence-electron chi connectivity index (χ3n) is 6.65. The molecule has 12 heteroatoms. The van der Waals surface area contributed by atoms with Crippen LogP contribution in [-0.4, -0.2) is 74.3 Å². The van der Waals surface area contributed by atoms with Crippen molar-refractivity contribution in [2.75, 3.05) is 6.54 Å². The average molecular weight is 589 g/mol. The van der Waals surface area contributed by atoms with Crippen LogP contribution in [0.5, 0.6) is 0 Å². The number of amides is 3. The van der Waals surface area contributed by atoms with Crippen molar-refractivity contribution in [1.29, 1.82) is 0 Å². The van der Waals surface area contributed by atoms with Crippen LogP contribution < -0.4 is 10.6 Å². The maximum Gasteiger partial charge on any atom is 0.408 e. The molecule has 0 saturated carbocycles. The van der Waals surface area contributed by atoms with Crippen molar-refractivity contribution in [3.8, 4) is 10.4 Å². The molecule has 41 heavy (non-hydrogen) atoms. The molecule has 1 aromatic heterocycles. The zero-order chi connectivity index (χ0) is 30.7. The van der Waals surface area contributed by atoms with E-state index in [1.807, 2.05) is 19.1 Å². The molecule has 0 aliphatic carbocycles. The highest BCUT2D eigenvalue weighted by Crippen LogP contribution is 2.30. The molecule has 1 aromatic carbocycles. The Hall–Kier alpha value is -3.51. The molecule has 2 aromatic rings. The number of carbonyl (C=O) groups is 4. The number of ether oxygens (including phenoxy) is 1. The Balaban J connectivity index is 1.82. The number of carboxylic acids is 1. The van der Waals surface area contributed by atoms with E-state index in [1.165, 1.54) is 16.2 Å². The van der Waals surface area contributed by atoms with Crippen molar-refractivity contribution in [3.05, 3.63) is 41.0 Å². The van der Waals surface area contributed by atoms with E-state index in [4.69, 9.17) is 4.74 Å². The topological polar surface area (TPSA) is 158 Å². The Kier molecular flexibility index (Phi) is 9.81. The zero-order valence-corrected chi connectivity index (χ0v) is 25.4. The molecular weight excluding hydrogens is 548 g/mol. The van der Waals surface area contributed by atoms with Gasteiger partial charge in [-0.3, -0.25) is 14.4 Å². The quantitative estimate of drug-likeness (QED) is 0.364. The number of likely N-dealkylation sites (tertiary alicyclic amines) is 1. The summed E-state index contributed by atoms with van der Waals surface area (Å²) < 4.78 is 5.34. The predicted molar refractivity (Wildman–Crippen MR) is 154 cm³/mol. The Morgan fingerprint density at radius 2 is 1.73 bits per heavy atom. The molecule has 1 fully saturated rings. The summed E-state index contributed by atoms with van der Waals surface area (Å²) in [5, 5.41) is 25.4. The maximum atomic E-state index is 13.7. The van der Waals surface area contributed by atoms with Crippen LogP contribution in [0.25, 0.3) is 10.4 Å². The van der Waals surface area contributed by atoms with E-state index in [1.54, 1.807) is 59.2 Å². The number of alkyl carbamates (subject to hydrolysis) is 1. The largest absolute Gasteiger partial charge is 0.481 e. The number of hydrogen-bond donors (Lipinski definition) is 4. The standard InChI is InChI=1S/C29H40N4O7S/c1-16-23(41-15-30-16)18-10-8-17(9-11-18)20(13-22(35)36)31-25(37)21-12-19(34)14-33(21)26(38)24(28(2,3)4)32-27(39)40-29(5,6)7/h8-11,15,19-21,24,34H,12-14H2,1-7H3,(H,31,37)(H,32,39)(H,35,36)/t19-,20?,21+,24-/m1/s1. The van der Waals surface area contributed by atoms with Gasteiger partial charge in [-0.15, -0.1) is 11.3 Å². The summed E-state index contributed by atoms with van der Waals surface area (Å²) in [6, 6.07) is 4.24. The van der Waals surface area contributed by atoms with E-state index in [-0.39, 0.29) is 19.4 Å². The summed E-state index contributed by atoms with van der Waals surface area (Å²) in [4.78, 5) is 58.0. The van der Waals surface area contributed by atoms with E-state index >= 15 is 0 Å². The third-order valence-corrected chi connectivity index (χ3v) is 7.63. The molecule has 4 atom stereocenters. The number of aliphatic hydroxyl groups is 1. The van der Waals surface area contributed by atoms with Crippen LogP contribution in [0.1, 0.15) is 71.7 Å². The van der Waals surface area contributed by atoms with Gasteiger partial charge in [0.1, 0.15) is 17.7 Å². The molecule has 1 saturated heterocycles.